The predicted octanol–water partition coefficient (Wildman–Crippen LogP) is 3.95. The Labute approximate surface area is 125 Å². The van der Waals surface area contributed by atoms with Crippen LogP contribution in [0, 0.1) is 5.92 Å². The SMILES string of the molecule is CCCNC1CCC(N2CCCC2C2CCCC2)CC1. The molecular weight excluding hydrogens is 244 g/mol. The Morgan fingerprint density at radius 3 is 2.35 bits per heavy atom. The first-order valence-corrected chi connectivity index (χ1v) is 9.37. The van der Waals surface area contributed by atoms with Crippen molar-refractivity contribution in [2.75, 3.05) is 13.1 Å². The monoisotopic (exact) mass is 278 g/mol. The van der Waals surface area contributed by atoms with Crippen LogP contribution in [-0.4, -0.2) is 36.1 Å². The molecule has 0 aromatic carbocycles. The molecule has 20 heavy (non-hydrogen) atoms. The molecule has 2 aliphatic carbocycles. The van der Waals surface area contributed by atoms with Gasteiger partial charge in [0.2, 0.25) is 0 Å². The summed E-state index contributed by atoms with van der Waals surface area (Å²) in [6, 6.07) is 2.70. The predicted molar refractivity (Wildman–Crippen MR) is 86.0 cm³/mol. The molecule has 0 amide bonds. The first-order chi connectivity index (χ1) is 9.88. The summed E-state index contributed by atoms with van der Waals surface area (Å²) in [5.41, 5.74) is 0. The zero-order chi connectivity index (χ0) is 13.8. The molecule has 0 aromatic heterocycles. The third kappa shape index (κ3) is 3.39. The number of likely N-dealkylation sites (tertiary alicyclic amines) is 1. The molecule has 2 heteroatoms. The van der Waals surface area contributed by atoms with Gasteiger partial charge in [0.05, 0.1) is 0 Å². The Balaban J connectivity index is 1.49. The minimum atomic E-state index is 0.818. The van der Waals surface area contributed by atoms with Crippen LogP contribution in [0.15, 0.2) is 0 Å². The Morgan fingerprint density at radius 1 is 0.900 bits per heavy atom. The van der Waals surface area contributed by atoms with Crippen LogP contribution >= 0.6 is 0 Å². The third-order valence-corrected chi connectivity index (χ3v) is 6.13. The van der Waals surface area contributed by atoms with Crippen LogP contribution in [0.25, 0.3) is 0 Å². The van der Waals surface area contributed by atoms with E-state index in [4.69, 9.17) is 0 Å². The van der Waals surface area contributed by atoms with Crippen molar-refractivity contribution in [2.45, 2.75) is 95.7 Å². The molecule has 0 radical (unpaired) electrons. The van der Waals surface area contributed by atoms with E-state index >= 15 is 0 Å². The normalized spacial score (nSPS) is 36.8. The van der Waals surface area contributed by atoms with E-state index in [0.717, 1.165) is 24.0 Å². The van der Waals surface area contributed by atoms with Gasteiger partial charge in [0.15, 0.2) is 0 Å². The first-order valence-electron chi connectivity index (χ1n) is 9.37. The van der Waals surface area contributed by atoms with Crippen LogP contribution in [0.5, 0.6) is 0 Å². The molecule has 2 saturated carbocycles. The summed E-state index contributed by atoms with van der Waals surface area (Å²) in [4.78, 5) is 2.95. The lowest BCUT2D eigenvalue weighted by atomic mass is 9.88. The van der Waals surface area contributed by atoms with Gasteiger partial charge in [-0.25, -0.2) is 0 Å². The Morgan fingerprint density at radius 2 is 1.65 bits per heavy atom. The maximum Gasteiger partial charge on any atom is 0.0127 e. The Bertz CT molecular complexity index is 277. The lowest BCUT2D eigenvalue weighted by Crippen LogP contribution is -2.46. The fourth-order valence-electron chi connectivity index (χ4n) is 5.08. The fraction of sp³-hybridized carbons (Fsp3) is 1.00. The smallest absolute Gasteiger partial charge is 0.0127 e. The molecule has 1 aliphatic heterocycles. The van der Waals surface area contributed by atoms with E-state index < -0.39 is 0 Å². The summed E-state index contributed by atoms with van der Waals surface area (Å²) in [7, 11) is 0. The van der Waals surface area contributed by atoms with Crippen molar-refractivity contribution < 1.29 is 0 Å². The van der Waals surface area contributed by atoms with Crippen molar-refractivity contribution in [3.05, 3.63) is 0 Å². The average Bonchev–Trinajstić information content (AvgIpc) is 3.15. The molecule has 1 saturated heterocycles. The number of nitrogens with one attached hydrogen (secondary N) is 1. The number of rotatable bonds is 5. The number of hydrogen-bond acceptors (Lipinski definition) is 2. The molecule has 0 spiro atoms. The van der Waals surface area contributed by atoms with Crippen LogP contribution < -0.4 is 5.32 Å². The zero-order valence-corrected chi connectivity index (χ0v) is 13.4. The molecule has 0 bridgehead atoms. The van der Waals surface area contributed by atoms with Gasteiger partial charge in [-0.2, -0.15) is 0 Å². The highest BCUT2D eigenvalue weighted by molar-refractivity contribution is 4.93. The van der Waals surface area contributed by atoms with Crippen molar-refractivity contribution in [3.63, 3.8) is 0 Å². The molecule has 1 unspecified atom stereocenters. The molecule has 116 valence electrons. The van der Waals surface area contributed by atoms with Crippen molar-refractivity contribution in [3.8, 4) is 0 Å². The second-order valence-electron chi connectivity index (χ2n) is 7.45. The van der Waals surface area contributed by atoms with Gasteiger partial charge in [0.25, 0.3) is 0 Å². The van der Waals surface area contributed by atoms with Crippen molar-refractivity contribution in [1.82, 2.24) is 10.2 Å². The van der Waals surface area contributed by atoms with E-state index in [1.165, 1.54) is 83.7 Å². The summed E-state index contributed by atoms with van der Waals surface area (Å²) in [5.74, 6) is 1.05. The quantitative estimate of drug-likeness (QED) is 0.819. The van der Waals surface area contributed by atoms with E-state index in [0.29, 0.717) is 0 Å². The van der Waals surface area contributed by atoms with Gasteiger partial charge in [-0.1, -0.05) is 19.8 Å². The minimum Gasteiger partial charge on any atom is -0.314 e. The zero-order valence-electron chi connectivity index (χ0n) is 13.4. The molecule has 3 aliphatic rings. The van der Waals surface area contributed by atoms with Crippen LogP contribution in [0.1, 0.15) is 77.6 Å². The molecule has 1 atom stereocenters. The van der Waals surface area contributed by atoms with E-state index in [1.807, 2.05) is 0 Å². The van der Waals surface area contributed by atoms with Crippen LogP contribution in [-0.2, 0) is 0 Å². The van der Waals surface area contributed by atoms with Gasteiger partial charge >= 0.3 is 0 Å². The first kappa shape index (κ1) is 14.8. The van der Waals surface area contributed by atoms with Crippen molar-refractivity contribution in [2.24, 2.45) is 5.92 Å². The van der Waals surface area contributed by atoms with Crippen molar-refractivity contribution in [1.29, 1.82) is 0 Å². The highest BCUT2D eigenvalue weighted by atomic mass is 15.2. The van der Waals surface area contributed by atoms with E-state index in [9.17, 15) is 0 Å². The summed E-state index contributed by atoms with van der Waals surface area (Å²) in [6.45, 7) is 4.89. The van der Waals surface area contributed by atoms with Gasteiger partial charge in [0, 0.05) is 18.1 Å². The maximum atomic E-state index is 3.73. The highest BCUT2D eigenvalue weighted by Crippen LogP contribution is 2.38. The molecule has 1 heterocycles. The minimum absolute atomic E-state index is 0.818. The number of hydrogen-bond donors (Lipinski definition) is 1. The van der Waals surface area contributed by atoms with E-state index in [2.05, 4.69) is 17.1 Å². The van der Waals surface area contributed by atoms with Gasteiger partial charge in [-0.05, 0) is 76.8 Å². The van der Waals surface area contributed by atoms with Crippen molar-refractivity contribution >= 4 is 0 Å². The van der Waals surface area contributed by atoms with E-state index in [-0.39, 0.29) is 0 Å². The van der Waals surface area contributed by atoms with E-state index in [1.54, 1.807) is 0 Å². The Hall–Kier alpha value is -0.0800. The van der Waals surface area contributed by atoms with Crippen LogP contribution in [0.3, 0.4) is 0 Å². The molecule has 3 rings (SSSR count). The lowest BCUT2D eigenvalue weighted by Gasteiger charge is -2.40. The summed E-state index contributed by atoms with van der Waals surface area (Å²) in [6.07, 6.45) is 16.0. The third-order valence-electron chi connectivity index (χ3n) is 6.13. The fourth-order valence-corrected chi connectivity index (χ4v) is 5.08. The average molecular weight is 278 g/mol. The summed E-state index contributed by atoms with van der Waals surface area (Å²) >= 11 is 0. The maximum absolute atomic E-state index is 3.73. The Kier molecular flexibility index (Phi) is 5.39. The molecule has 1 N–H and O–H groups in total. The van der Waals surface area contributed by atoms with Crippen LogP contribution in [0.4, 0.5) is 0 Å². The molecular formula is C18H34N2. The van der Waals surface area contributed by atoms with Gasteiger partial charge in [0.1, 0.15) is 0 Å². The largest absolute Gasteiger partial charge is 0.314 e. The van der Waals surface area contributed by atoms with Gasteiger partial charge < -0.3 is 5.32 Å². The standard InChI is InChI=1S/C18H34N2/c1-2-13-19-16-9-11-17(12-10-16)20-14-5-8-18(20)15-6-3-4-7-15/h15-19H,2-14H2,1H3. The molecule has 2 nitrogen and oxygen atoms in total. The second-order valence-corrected chi connectivity index (χ2v) is 7.45. The highest BCUT2D eigenvalue weighted by Gasteiger charge is 2.37. The molecule has 0 aromatic rings. The summed E-state index contributed by atoms with van der Waals surface area (Å²) in [5, 5.41) is 3.73. The molecule has 3 fully saturated rings. The number of nitrogens with zero attached hydrogens (tertiary/aromatic N) is 1. The second kappa shape index (κ2) is 7.26. The van der Waals surface area contributed by atoms with Gasteiger partial charge in [-0.3, -0.25) is 4.90 Å². The van der Waals surface area contributed by atoms with Crippen LogP contribution in [0.2, 0.25) is 0 Å². The topological polar surface area (TPSA) is 15.3 Å². The van der Waals surface area contributed by atoms with Gasteiger partial charge in [-0.15, -0.1) is 0 Å². The summed E-state index contributed by atoms with van der Waals surface area (Å²) < 4.78 is 0. The lowest BCUT2D eigenvalue weighted by molar-refractivity contribution is 0.0999.